The smallest absolute Gasteiger partial charge is 0.240 e. The standard InChI is InChI=1S/C17H22N4O3S/c1-24-15-4-6-16(7-5-15)25(22,23)20-11-14-3-2-10-21(13-14)17-12-18-8-9-19-17/h4-9,12,14,20H,2-3,10-11,13H2,1H3/t14-/m1/s1. The molecular formula is C17H22N4O3S. The summed E-state index contributed by atoms with van der Waals surface area (Å²) in [6, 6.07) is 6.39. The van der Waals surface area contributed by atoms with E-state index in [0.29, 0.717) is 12.3 Å². The van der Waals surface area contributed by atoms with Crippen LogP contribution in [0.25, 0.3) is 0 Å². The zero-order chi connectivity index (χ0) is 17.7. The van der Waals surface area contributed by atoms with Crippen molar-refractivity contribution in [2.75, 3.05) is 31.6 Å². The van der Waals surface area contributed by atoms with E-state index < -0.39 is 10.0 Å². The first-order valence-electron chi connectivity index (χ1n) is 8.23. The van der Waals surface area contributed by atoms with Gasteiger partial charge in [0.15, 0.2) is 0 Å². The van der Waals surface area contributed by atoms with Crippen LogP contribution in [0.2, 0.25) is 0 Å². The molecule has 0 saturated carbocycles. The molecule has 2 heterocycles. The minimum Gasteiger partial charge on any atom is -0.497 e. The lowest BCUT2D eigenvalue weighted by Crippen LogP contribution is -2.41. The van der Waals surface area contributed by atoms with Gasteiger partial charge in [-0.3, -0.25) is 4.98 Å². The summed E-state index contributed by atoms with van der Waals surface area (Å²) in [6.45, 7) is 2.09. The minimum atomic E-state index is -3.52. The van der Waals surface area contributed by atoms with E-state index in [4.69, 9.17) is 4.74 Å². The van der Waals surface area contributed by atoms with Crippen molar-refractivity contribution in [1.29, 1.82) is 0 Å². The second-order valence-electron chi connectivity index (χ2n) is 6.05. The Balaban J connectivity index is 1.60. The fraction of sp³-hybridized carbons (Fsp3) is 0.412. The first-order chi connectivity index (χ1) is 12.1. The van der Waals surface area contributed by atoms with Gasteiger partial charge in [-0.05, 0) is 43.0 Å². The number of nitrogens with one attached hydrogen (secondary N) is 1. The SMILES string of the molecule is COc1ccc(S(=O)(=O)NC[C@H]2CCCN(c3cnccn3)C2)cc1. The number of piperidine rings is 1. The largest absolute Gasteiger partial charge is 0.497 e. The van der Waals surface area contributed by atoms with Crippen molar-refractivity contribution in [3.05, 3.63) is 42.9 Å². The van der Waals surface area contributed by atoms with Crippen LogP contribution < -0.4 is 14.4 Å². The molecule has 1 fully saturated rings. The zero-order valence-corrected chi connectivity index (χ0v) is 14.9. The quantitative estimate of drug-likeness (QED) is 0.842. The molecule has 134 valence electrons. The summed E-state index contributed by atoms with van der Waals surface area (Å²) in [4.78, 5) is 10.8. The van der Waals surface area contributed by atoms with E-state index in [-0.39, 0.29) is 10.8 Å². The molecular weight excluding hydrogens is 340 g/mol. The molecule has 1 N–H and O–H groups in total. The molecule has 0 unspecified atom stereocenters. The van der Waals surface area contributed by atoms with Crippen LogP contribution in [-0.4, -0.2) is 45.1 Å². The maximum atomic E-state index is 12.4. The Labute approximate surface area is 148 Å². The highest BCUT2D eigenvalue weighted by Gasteiger charge is 2.23. The highest BCUT2D eigenvalue weighted by atomic mass is 32.2. The first-order valence-corrected chi connectivity index (χ1v) is 9.71. The Morgan fingerprint density at radius 1 is 1.28 bits per heavy atom. The van der Waals surface area contributed by atoms with E-state index >= 15 is 0 Å². The van der Waals surface area contributed by atoms with Crippen LogP contribution in [0.3, 0.4) is 0 Å². The van der Waals surface area contributed by atoms with Crippen LogP contribution in [0.1, 0.15) is 12.8 Å². The van der Waals surface area contributed by atoms with Crippen molar-refractivity contribution in [1.82, 2.24) is 14.7 Å². The monoisotopic (exact) mass is 362 g/mol. The minimum absolute atomic E-state index is 0.240. The number of sulfonamides is 1. The summed E-state index contributed by atoms with van der Waals surface area (Å²) in [7, 11) is -1.97. The van der Waals surface area contributed by atoms with Gasteiger partial charge in [-0.25, -0.2) is 18.1 Å². The topological polar surface area (TPSA) is 84.4 Å². The number of anilines is 1. The molecule has 1 aromatic heterocycles. The number of methoxy groups -OCH3 is 1. The third-order valence-corrected chi connectivity index (χ3v) is 5.76. The molecule has 1 aromatic carbocycles. The molecule has 1 aliphatic heterocycles. The highest BCUT2D eigenvalue weighted by molar-refractivity contribution is 7.89. The van der Waals surface area contributed by atoms with Crippen molar-refractivity contribution >= 4 is 15.8 Å². The number of benzene rings is 1. The van der Waals surface area contributed by atoms with Crippen molar-refractivity contribution < 1.29 is 13.2 Å². The Hall–Kier alpha value is -2.19. The average Bonchev–Trinajstić information content (AvgIpc) is 2.67. The number of nitrogens with zero attached hydrogens (tertiary/aromatic N) is 3. The first kappa shape index (κ1) is 17.6. The fourth-order valence-electron chi connectivity index (χ4n) is 2.96. The Morgan fingerprint density at radius 2 is 2.08 bits per heavy atom. The van der Waals surface area contributed by atoms with Crippen LogP contribution in [0.5, 0.6) is 5.75 Å². The average molecular weight is 362 g/mol. The van der Waals surface area contributed by atoms with Gasteiger partial charge in [0.2, 0.25) is 10.0 Å². The molecule has 0 bridgehead atoms. The third-order valence-electron chi connectivity index (χ3n) is 4.32. The summed E-state index contributed by atoms with van der Waals surface area (Å²) in [5, 5.41) is 0. The molecule has 1 saturated heterocycles. The second kappa shape index (κ2) is 7.79. The Bertz CT molecular complexity index is 781. The normalized spacial score (nSPS) is 18.1. The van der Waals surface area contributed by atoms with Gasteiger partial charge in [0.25, 0.3) is 0 Å². The molecule has 7 nitrogen and oxygen atoms in total. The maximum Gasteiger partial charge on any atom is 0.240 e. The highest BCUT2D eigenvalue weighted by Crippen LogP contribution is 2.21. The molecule has 2 aromatic rings. The van der Waals surface area contributed by atoms with Gasteiger partial charge in [-0.15, -0.1) is 0 Å². The van der Waals surface area contributed by atoms with Gasteiger partial charge in [-0.2, -0.15) is 0 Å². The van der Waals surface area contributed by atoms with Crippen molar-refractivity contribution in [3.8, 4) is 5.75 Å². The van der Waals surface area contributed by atoms with Crippen molar-refractivity contribution in [2.45, 2.75) is 17.7 Å². The van der Waals surface area contributed by atoms with Gasteiger partial charge in [0.05, 0.1) is 18.2 Å². The lowest BCUT2D eigenvalue weighted by molar-refractivity contribution is 0.409. The van der Waals surface area contributed by atoms with E-state index in [2.05, 4.69) is 19.6 Å². The molecule has 8 heteroatoms. The molecule has 25 heavy (non-hydrogen) atoms. The van der Waals surface area contributed by atoms with E-state index in [0.717, 1.165) is 31.7 Å². The Kier molecular flexibility index (Phi) is 5.50. The summed E-state index contributed by atoms with van der Waals surface area (Å²) in [5.41, 5.74) is 0. The van der Waals surface area contributed by atoms with Crippen LogP contribution in [0, 0.1) is 5.92 Å². The summed E-state index contributed by atoms with van der Waals surface area (Å²) in [5.74, 6) is 1.71. The van der Waals surface area contributed by atoms with Gasteiger partial charge >= 0.3 is 0 Å². The number of aromatic nitrogens is 2. The van der Waals surface area contributed by atoms with E-state index in [1.165, 1.54) is 0 Å². The Morgan fingerprint density at radius 3 is 2.76 bits per heavy atom. The van der Waals surface area contributed by atoms with Crippen LogP contribution >= 0.6 is 0 Å². The van der Waals surface area contributed by atoms with Crippen molar-refractivity contribution in [3.63, 3.8) is 0 Å². The summed E-state index contributed by atoms with van der Waals surface area (Å²) in [6.07, 6.45) is 7.05. The molecule has 0 radical (unpaired) electrons. The predicted molar refractivity (Wildman–Crippen MR) is 95.2 cm³/mol. The summed E-state index contributed by atoms with van der Waals surface area (Å²) >= 11 is 0. The van der Waals surface area contributed by atoms with E-state index in [1.807, 2.05) is 0 Å². The number of ether oxygens (including phenoxy) is 1. The number of hydrogen-bond acceptors (Lipinski definition) is 6. The van der Waals surface area contributed by atoms with E-state index in [1.54, 1.807) is 50.0 Å². The molecule has 0 aliphatic carbocycles. The van der Waals surface area contributed by atoms with E-state index in [9.17, 15) is 8.42 Å². The predicted octanol–water partition coefficient (Wildman–Crippen LogP) is 1.68. The van der Waals surface area contributed by atoms with Crippen LogP contribution in [0.15, 0.2) is 47.8 Å². The number of hydrogen-bond donors (Lipinski definition) is 1. The van der Waals surface area contributed by atoms with Crippen LogP contribution in [-0.2, 0) is 10.0 Å². The summed E-state index contributed by atoms with van der Waals surface area (Å²) < 4.78 is 32.7. The molecule has 1 atom stereocenters. The third kappa shape index (κ3) is 4.46. The van der Waals surface area contributed by atoms with Crippen LogP contribution in [0.4, 0.5) is 5.82 Å². The zero-order valence-electron chi connectivity index (χ0n) is 14.1. The molecule has 0 amide bonds. The van der Waals surface area contributed by atoms with Gasteiger partial charge in [-0.1, -0.05) is 0 Å². The van der Waals surface area contributed by atoms with Gasteiger partial charge in [0.1, 0.15) is 11.6 Å². The van der Waals surface area contributed by atoms with Crippen molar-refractivity contribution in [2.24, 2.45) is 5.92 Å². The molecule has 1 aliphatic rings. The van der Waals surface area contributed by atoms with Gasteiger partial charge < -0.3 is 9.64 Å². The lowest BCUT2D eigenvalue weighted by atomic mass is 9.98. The van der Waals surface area contributed by atoms with Gasteiger partial charge in [0, 0.05) is 32.0 Å². The lowest BCUT2D eigenvalue weighted by Gasteiger charge is -2.33. The number of rotatable bonds is 6. The molecule has 3 rings (SSSR count). The molecule has 0 spiro atoms. The fourth-order valence-corrected chi connectivity index (χ4v) is 4.08. The maximum absolute atomic E-state index is 12.4. The second-order valence-corrected chi connectivity index (χ2v) is 7.81.